The van der Waals surface area contributed by atoms with Crippen molar-refractivity contribution in [2.75, 3.05) is 5.32 Å². The van der Waals surface area contributed by atoms with Gasteiger partial charge in [0.25, 0.3) is 0 Å². The zero-order chi connectivity index (χ0) is 14.3. The summed E-state index contributed by atoms with van der Waals surface area (Å²) in [5.74, 6) is 7.06. The van der Waals surface area contributed by atoms with Gasteiger partial charge in [0, 0.05) is 17.4 Å². The van der Waals surface area contributed by atoms with Crippen LogP contribution in [0.15, 0.2) is 18.2 Å². The molecule has 1 heterocycles. The first-order chi connectivity index (χ1) is 9.51. The van der Waals surface area contributed by atoms with E-state index in [-0.39, 0.29) is 5.92 Å². The van der Waals surface area contributed by atoms with E-state index in [0.29, 0.717) is 5.92 Å². The molecule has 1 aliphatic carbocycles. The molecule has 0 spiro atoms. The Kier molecular flexibility index (Phi) is 2.97. The van der Waals surface area contributed by atoms with Crippen molar-refractivity contribution in [2.24, 2.45) is 11.8 Å². The monoisotopic (exact) mass is 269 g/mol. The molecule has 0 aromatic heterocycles. The molecule has 1 aromatic carbocycles. The summed E-state index contributed by atoms with van der Waals surface area (Å²) in [5, 5.41) is 2.78. The molecule has 1 saturated carbocycles. The summed E-state index contributed by atoms with van der Waals surface area (Å²) in [6, 6.07) is 6.03. The van der Waals surface area contributed by atoms with Gasteiger partial charge in [0.1, 0.15) is 0 Å². The van der Waals surface area contributed by atoms with E-state index in [2.05, 4.69) is 23.2 Å². The number of hydrogen-bond donors (Lipinski definition) is 1. The van der Waals surface area contributed by atoms with Crippen molar-refractivity contribution >= 4 is 11.8 Å². The number of aryl methyl sites for hydroxylation is 1. The lowest BCUT2D eigenvalue weighted by atomic mass is 9.85. The summed E-state index contributed by atoms with van der Waals surface area (Å²) < 4.78 is 5.71. The van der Waals surface area contributed by atoms with E-state index in [1.165, 1.54) is 0 Å². The molecule has 3 nitrogen and oxygen atoms in total. The minimum absolute atomic E-state index is 0.257. The molecule has 0 bridgehead atoms. The van der Waals surface area contributed by atoms with Crippen molar-refractivity contribution in [3.63, 3.8) is 0 Å². The molecule has 1 N–H and O–H groups in total. The van der Waals surface area contributed by atoms with Crippen molar-refractivity contribution in [3.05, 3.63) is 29.3 Å². The molecule has 1 aliphatic heterocycles. The maximum atomic E-state index is 11.9. The molecule has 0 radical (unpaired) electrons. The van der Waals surface area contributed by atoms with Crippen LogP contribution in [0.5, 0.6) is 0 Å². The van der Waals surface area contributed by atoms with E-state index >= 15 is 0 Å². The first-order valence-electron chi connectivity index (χ1n) is 7.15. The molecule has 20 heavy (non-hydrogen) atoms. The number of ether oxygens (including phenoxy) is 1. The van der Waals surface area contributed by atoms with Gasteiger partial charge in [-0.15, -0.1) is 0 Å². The first-order valence-corrected chi connectivity index (χ1v) is 7.15. The molecule has 1 atom stereocenters. The van der Waals surface area contributed by atoms with E-state index in [1.54, 1.807) is 0 Å². The molecule has 1 aromatic rings. The highest BCUT2D eigenvalue weighted by Crippen LogP contribution is 2.51. The zero-order valence-corrected chi connectivity index (χ0v) is 12.1. The summed E-state index contributed by atoms with van der Waals surface area (Å²) in [6.45, 7) is 6.14. The Hall–Kier alpha value is -1.95. The zero-order valence-electron chi connectivity index (χ0n) is 12.1. The summed E-state index contributed by atoms with van der Waals surface area (Å²) in [5.41, 5.74) is 2.23. The average Bonchev–Trinajstić information content (AvgIpc) is 3.21. The van der Waals surface area contributed by atoms with Gasteiger partial charge < -0.3 is 4.74 Å². The van der Waals surface area contributed by atoms with Crippen LogP contribution < -0.4 is 5.32 Å². The molecule has 1 unspecified atom stereocenters. The van der Waals surface area contributed by atoms with Crippen LogP contribution in [0.4, 0.5) is 10.5 Å². The number of cyclic esters (lactones) is 1. The standard InChI is InChI=1S/C17H19NO2/c1-11(2)8-9-17(13-5-6-13)14-10-12(3)4-7-15(14)18-16(19)20-17/h4,7,10-11,13H,5-6H2,1-3H3,(H,18,19). The minimum Gasteiger partial charge on any atom is -0.425 e. The molecule has 1 amide bonds. The largest absolute Gasteiger partial charge is 0.425 e. The first kappa shape index (κ1) is 13.1. The Morgan fingerprint density at radius 2 is 2.15 bits per heavy atom. The minimum atomic E-state index is -0.756. The van der Waals surface area contributed by atoms with Crippen molar-refractivity contribution in [1.82, 2.24) is 0 Å². The van der Waals surface area contributed by atoms with Gasteiger partial charge in [0.05, 0.1) is 5.69 Å². The normalized spacial score (nSPS) is 24.3. The highest BCUT2D eigenvalue weighted by molar-refractivity contribution is 5.89. The van der Waals surface area contributed by atoms with E-state index in [4.69, 9.17) is 4.74 Å². The van der Waals surface area contributed by atoms with Crippen LogP contribution >= 0.6 is 0 Å². The molecule has 3 rings (SSSR count). The van der Waals surface area contributed by atoms with E-state index in [0.717, 1.165) is 29.7 Å². The average molecular weight is 269 g/mol. The van der Waals surface area contributed by atoms with Crippen molar-refractivity contribution in [2.45, 2.75) is 39.2 Å². The Morgan fingerprint density at radius 1 is 1.40 bits per heavy atom. The smallest absolute Gasteiger partial charge is 0.413 e. The number of amides is 1. The van der Waals surface area contributed by atoms with E-state index < -0.39 is 11.7 Å². The Morgan fingerprint density at radius 3 is 2.80 bits per heavy atom. The Bertz CT molecular complexity index is 620. The van der Waals surface area contributed by atoms with Crippen LogP contribution in [0.3, 0.4) is 0 Å². The van der Waals surface area contributed by atoms with Gasteiger partial charge in [0.2, 0.25) is 5.60 Å². The van der Waals surface area contributed by atoms with Gasteiger partial charge in [-0.25, -0.2) is 4.79 Å². The third kappa shape index (κ3) is 2.16. The number of benzene rings is 1. The second kappa shape index (κ2) is 4.56. The van der Waals surface area contributed by atoms with Crippen molar-refractivity contribution in [1.29, 1.82) is 0 Å². The quantitative estimate of drug-likeness (QED) is 0.787. The lowest BCUT2D eigenvalue weighted by Crippen LogP contribution is -2.40. The summed E-state index contributed by atoms with van der Waals surface area (Å²) in [7, 11) is 0. The number of fused-ring (bicyclic) bond motifs is 1. The third-order valence-electron chi connectivity index (χ3n) is 3.76. The molecular weight excluding hydrogens is 250 g/mol. The fraction of sp³-hybridized carbons (Fsp3) is 0.471. The SMILES string of the molecule is Cc1ccc2c(c1)C(C#CC(C)C)(C1CC1)OC(=O)N2. The predicted molar refractivity (Wildman–Crippen MR) is 78.3 cm³/mol. The second-order valence-electron chi connectivity index (χ2n) is 6.00. The number of hydrogen-bond acceptors (Lipinski definition) is 2. The molecular formula is C17H19NO2. The highest BCUT2D eigenvalue weighted by atomic mass is 16.6. The van der Waals surface area contributed by atoms with Crippen LogP contribution in [0.25, 0.3) is 0 Å². The summed E-state index contributed by atoms with van der Waals surface area (Å²) in [4.78, 5) is 11.9. The Labute approximate surface area is 119 Å². The number of carbonyl (C=O) groups is 1. The van der Waals surface area contributed by atoms with Gasteiger partial charge in [0.15, 0.2) is 0 Å². The Balaban J connectivity index is 2.17. The van der Waals surface area contributed by atoms with Crippen LogP contribution in [0, 0.1) is 30.6 Å². The van der Waals surface area contributed by atoms with Gasteiger partial charge in [-0.2, -0.15) is 0 Å². The summed E-state index contributed by atoms with van der Waals surface area (Å²) in [6.07, 6.45) is 1.73. The van der Waals surface area contributed by atoms with Crippen molar-refractivity contribution in [3.8, 4) is 11.8 Å². The lowest BCUT2D eigenvalue weighted by molar-refractivity contribution is 0.0404. The molecule has 104 valence electrons. The predicted octanol–water partition coefficient (Wildman–Crippen LogP) is 3.82. The topological polar surface area (TPSA) is 38.3 Å². The van der Waals surface area contributed by atoms with Crippen LogP contribution in [0.1, 0.15) is 37.8 Å². The fourth-order valence-corrected chi connectivity index (χ4v) is 2.65. The molecule has 2 aliphatic rings. The van der Waals surface area contributed by atoms with Crippen LogP contribution in [0.2, 0.25) is 0 Å². The maximum absolute atomic E-state index is 11.9. The highest BCUT2D eigenvalue weighted by Gasteiger charge is 2.52. The number of nitrogens with one attached hydrogen (secondary N) is 1. The number of anilines is 1. The van der Waals surface area contributed by atoms with Crippen LogP contribution in [-0.2, 0) is 10.3 Å². The van der Waals surface area contributed by atoms with Crippen LogP contribution in [-0.4, -0.2) is 6.09 Å². The number of rotatable bonds is 1. The van der Waals surface area contributed by atoms with Gasteiger partial charge in [-0.3, -0.25) is 5.32 Å². The summed E-state index contributed by atoms with van der Waals surface area (Å²) >= 11 is 0. The van der Waals surface area contributed by atoms with Gasteiger partial charge in [-0.05, 0) is 37.8 Å². The maximum Gasteiger partial charge on any atom is 0.413 e. The molecule has 0 saturated heterocycles. The second-order valence-corrected chi connectivity index (χ2v) is 6.00. The van der Waals surface area contributed by atoms with Gasteiger partial charge >= 0.3 is 6.09 Å². The third-order valence-corrected chi connectivity index (χ3v) is 3.76. The van der Waals surface area contributed by atoms with Crippen molar-refractivity contribution < 1.29 is 9.53 Å². The lowest BCUT2D eigenvalue weighted by Gasteiger charge is -2.35. The van der Waals surface area contributed by atoms with Gasteiger partial charge in [-0.1, -0.05) is 31.4 Å². The molecule has 1 fully saturated rings. The molecule has 3 heteroatoms. The van der Waals surface area contributed by atoms with E-state index in [9.17, 15) is 4.79 Å². The van der Waals surface area contributed by atoms with E-state index in [1.807, 2.05) is 32.9 Å². The number of carbonyl (C=O) groups excluding carboxylic acids is 1. The fourth-order valence-electron chi connectivity index (χ4n) is 2.65.